The van der Waals surface area contributed by atoms with Crippen LogP contribution in [-0.2, 0) is 0 Å². The van der Waals surface area contributed by atoms with Crippen LogP contribution in [-0.4, -0.2) is 39.3 Å². The third-order valence-corrected chi connectivity index (χ3v) is 4.45. The Labute approximate surface area is 120 Å². The second kappa shape index (κ2) is 4.47. The van der Waals surface area contributed by atoms with Gasteiger partial charge in [-0.2, -0.15) is 10.1 Å². The Hall–Kier alpha value is -2.05. The average Bonchev–Trinajstić information content (AvgIpc) is 2.89. The molecule has 3 heterocycles. The molecule has 2 aromatic rings. The molecule has 0 aromatic carbocycles. The van der Waals surface area contributed by atoms with Gasteiger partial charge in [-0.1, -0.05) is 0 Å². The summed E-state index contributed by atoms with van der Waals surface area (Å²) in [7, 11) is 0. The number of alkyl halides is 2. The van der Waals surface area contributed by atoms with Crippen molar-refractivity contribution in [1.82, 2.24) is 19.7 Å². The summed E-state index contributed by atoms with van der Waals surface area (Å²) in [5.74, 6) is 0.947. The number of hydrogen-bond donors (Lipinski definition) is 0. The summed E-state index contributed by atoms with van der Waals surface area (Å²) in [6.45, 7) is 1.55. The van der Waals surface area contributed by atoms with Crippen molar-refractivity contribution in [3.63, 3.8) is 0 Å². The molecule has 0 amide bonds. The maximum atomic E-state index is 12.6. The van der Waals surface area contributed by atoms with Gasteiger partial charge in [0.2, 0.25) is 12.4 Å². The third-order valence-electron chi connectivity index (χ3n) is 4.45. The fourth-order valence-electron chi connectivity index (χ4n) is 3.42. The third kappa shape index (κ3) is 2.07. The van der Waals surface area contributed by atoms with E-state index >= 15 is 0 Å². The standard InChI is InChI=1S/C14H15F2N5/c15-12(16)10-6-14(7-10)8-20(9-14)13-17-4-2-11(19-13)21-5-1-3-18-21/h1-5,10,12H,6-9H2. The summed E-state index contributed by atoms with van der Waals surface area (Å²) in [6, 6.07) is 3.63. The first-order valence-electron chi connectivity index (χ1n) is 7.01. The molecule has 1 aliphatic heterocycles. The van der Waals surface area contributed by atoms with Crippen LogP contribution >= 0.6 is 0 Å². The van der Waals surface area contributed by atoms with E-state index in [2.05, 4.69) is 20.0 Å². The highest BCUT2D eigenvalue weighted by Crippen LogP contribution is 2.54. The zero-order chi connectivity index (χ0) is 14.4. The largest absolute Gasteiger partial charge is 0.340 e. The Bertz CT molecular complexity index is 629. The minimum absolute atomic E-state index is 0.0756. The second-order valence-corrected chi connectivity index (χ2v) is 6.02. The zero-order valence-electron chi connectivity index (χ0n) is 11.4. The van der Waals surface area contributed by atoms with E-state index in [4.69, 9.17) is 0 Å². The Kier molecular flexibility index (Phi) is 2.70. The van der Waals surface area contributed by atoms with Gasteiger partial charge < -0.3 is 4.90 Å². The fraction of sp³-hybridized carbons (Fsp3) is 0.500. The van der Waals surface area contributed by atoms with Crippen molar-refractivity contribution in [3.8, 4) is 5.82 Å². The number of aromatic nitrogens is 4. The van der Waals surface area contributed by atoms with Crippen LogP contribution in [0.25, 0.3) is 5.82 Å². The highest BCUT2D eigenvalue weighted by Gasteiger charge is 2.55. The maximum absolute atomic E-state index is 12.6. The van der Waals surface area contributed by atoms with Crippen molar-refractivity contribution in [2.24, 2.45) is 11.3 Å². The second-order valence-electron chi connectivity index (χ2n) is 6.02. The molecule has 1 spiro atoms. The van der Waals surface area contributed by atoms with Gasteiger partial charge >= 0.3 is 0 Å². The zero-order valence-corrected chi connectivity index (χ0v) is 11.4. The maximum Gasteiger partial charge on any atom is 0.241 e. The van der Waals surface area contributed by atoms with Crippen LogP contribution in [0.5, 0.6) is 0 Å². The molecule has 2 fully saturated rings. The van der Waals surface area contributed by atoms with Gasteiger partial charge in [-0.15, -0.1) is 0 Å². The molecule has 0 unspecified atom stereocenters. The van der Waals surface area contributed by atoms with Crippen LogP contribution in [0.4, 0.5) is 14.7 Å². The van der Waals surface area contributed by atoms with E-state index < -0.39 is 12.3 Å². The van der Waals surface area contributed by atoms with Crippen molar-refractivity contribution >= 4 is 5.95 Å². The van der Waals surface area contributed by atoms with E-state index in [1.165, 1.54) is 0 Å². The van der Waals surface area contributed by atoms with E-state index in [0.717, 1.165) is 13.1 Å². The normalized spacial score (nSPS) is 20.6. The first kappa shape index (κ1) is 12.7. The molecule has 21 heavy (non-hydrogen) atoms. The van der Waals surface area contributed by atoms with Gasteiger partial charge in [0.25, 0.3) is 0 Å². The Balaban J connectivity index is 1.44. The predicted molar refractivity (Wildman–Crippen MR) is 72.5 cm³/mol. The number of anilines is 1. The molecule has 4 rings (SSSR count). The van der Waals surface area contributed by atoms with Gasteiger partial charge in [0, 0.05) is 49.1 Å². The lowest BCUT2D eigenvalue weighted by Crippen LogP contribution is -2.63. The summed E-state index contributed by atoms with van der Waals surface area (Å²) < 4.78 is 26.8. The molecule has 1 saturated carbocycles. The van der Waals surface area contributed by atoms with E-state index in [-0.39, 0.29) is 5.41 Å². The van der Waals surface area contributed by atoms with E-state index in [1.54, 1.807) is 23.1 Å². The molecular formula is C14H15F2N5. The molecule has 1 aliphatic carbocycles. The van der Waals surface area contributed by atoms with Gasteiger partial charge in [-0.25, -0.2) is 18.4 Å². The lowest BCUT2D eigenvalue weighted by Gasteiger charge is -2.58. The van der Waals surface area contributed by atoms with Crippen molar-refractivity contribution < 1.29 is 8.78 Å². The number of rotatable bonds is 3. The summed E-state index contributed by atoms with van der Waals surface area (Å²) in [4.78, 5) is 10.8. The average molecular weight is 291 g/mol. The van der Waals surface area contributed by atoms with Crippen LogP contribution in [0.1, 0.15) is 12.8 Å². The molecule has 5 nitrogen and oxygen atoms in total. The number of halogens is 2. The molecular weight excluding hydrogens is 276 g/mol. The van der Waals surface area contributed by atoms with E-state index in [1.807, 2.05) is 12.3 Å². The summed E-state index contributed by atoms with van der Waals surface area (Å²) in [5.41, 5.74) is 0.0756. The van der Waals surface area contributed by atoms with Gasteiger partial charge in [-0.3, -0.25) is 0 Å². The monoisotopic (exact) mass is 291 g/mol. The van der Waals surface area contributed by atoms with Crippen LogP contribution in [0, 0.1) is 11.3 Å². The van der Waals surface area contributed by atoms with E-state index in [9.17, 15) is 8.78 Å². The number of nitrogens with zero attached hydrogens (tertiary/aromatic N) is 5. The molecule has 0 radical (unpaired) electrons. The fourth-order valence-corrected chi connectivity index (χ4v) is 3.42. The lowest BCUT2D eigenvalue weighted by atomic mass is 9.58. The van der Waals surface area contributed by atoms with Gasteiger partial charge in [0.15, 0.2) is 5.82 Å². The van der Waals surface area contributed by atoms with Gasteiger partial charge in [0.05, 0.1) is 0 Å². The molecule has 2 aromatic heterocycles. The molecule has 1 saturated heterocycles. The first-order chi connectivity index (χ1) is 10.2. The van der Waals surface area contributed by atoms with Gasteiger partial charge in [0.1, 0.15) is 0 Å². The van der Waals surface area contributed by atoms with Crippen molar-refractivity contribution in [2.75, 3.05) is 18.0 Å². The smallest absolute Gasteiger partial charge is 0.241 e. The Morgan fingerprint density at radius 3 is 2.71 bits per heavy atom. The molecule has 0 bridgehead atoms. The number of hydrogen-bond acceptors (Lipinski definition) is 4. The predicted octanol–water partition coefficient (Wildman–Crippen LogP) is 2.14. The molecule has 110 valence electrons. The minimum Gasteiger partial charge on any atom is -0.340 e. The highest BCUT2D eigenvalue weighted by atomic mass is 19.3. The van der Waals surface area contributed by atoms with Crippen LogP contribution in [0.3, 0.4) is 0 Å². The molecule has 2 aliphatic rings. The Morgan fingerprint density at radius 1 is 1.24 bits per heavy atom. The van der Waals surface area contributed by atoms with Crippen molar-refractivity contribution in [2.45, 2.75) is 19.3 Å². The van der Waals surface area contributed by atoms with Crippen molar-refractivity contribution in [3.05, 3.63) is 30.7 Å². The molecule has 0 atom stereocenters. The van der Waals surface area contributed by atoms with Crippen LogP contribution < -0.4 is 4.90 Å². The lowest BCUT2D eigenvalue weighted by molar-refractivity contribution is -0.0660. The topological polar surface area (TPSA) is 46.8 Å². The van der Waals surface area contributed by atoms with Gasteiger partial charge in [-0.05, 0) is 18.9 Å². The van der Waals surface area contributed by atoms with Crippen molar-refractivity contribution in [1.29, 1.82) is 0 Å². The molecule has 0 N–H and O–H groups in total. The SMILES string of the molecule is FC(F)C1CC2(C1)CN(c1nccc(-n3cccn3)n1)C2. The first-order valence-corrected chi connectivity index (χ1v) is 7.01. The Morgan fingerprint density at radius 2 is 2.05 bits per heavy atom. The quantitative estimate of drug-likeness (QED) is 0.869. The van der Waals surface area contributed by atoms with Crippen LogP contribution in [0.2, 0.25) is 0 Å². The summed E-state index contributed by atoms with van der Waals surface area (Å²) in [6.07, 6.45) is 4.29. The summed E-state index contributed by atoms with van der Waals surface area (Å²) >= 11 is 0. The molecule has 7 heteroatoms. The van der Waals surface area contributed by atoms with Crippen LogP contribution in [0.15, 0.2) is 30.7 Å². The van der Waals surface area contributed by atoms with E-state index in [0.29, 0.717) is 24.6 Å². The summed E-state index contributed by atoms with van der Waals surface area (Å²) in [5, 5.41) is 4.14. The highest BCUT2D eigenvalue weighted by molar-refractivity contribution is 5.40. The minimum atomic E-state index is -2.18.